The van der Waals surface area contributed by atoms with E-state index in [1.165, 1.54) is 10.7 Å². The van der Waals surface area contributed by atoms with Gasteiger partial charge in [-0.1, -0.05) is 0 Å². The Labute approximate surface area is 151 Å². The van der Waals surface area contributed by atoms with Crippen LogP contribution in [-0.4, -0.2) is 39.8 Å². The molecule has 0 saturated carbocycles. The third-order valence-corrected chi connectivity index (χ3v) is 4.47. The van der Waals surface area contributed by atoms with Gasteiger partial charge >= 0.3 is 6.18 Å². The normalized spacial score (nSPS) is 19.6. The lowest BCUT2D eigenvalue weighted by Crippen LogP contribution is -2.38. The molecule has 0 spiro atoms. The van der Waals surface area contributed by atoms with Gasteiger partial charge in [0.05, 0.1) is 12.1 Å². The molecule has 0 radical (unpaired) electrons. The van der Waals surface area contributed by atoms with Crippen molar-refractivity contribution in [3.05, 3.63) is 48.2 Å². The summed E-state index contributed by atoms with van der Waals surface area (Å²) in [7, 11) is 0. The van der Waals surface area contributed by atoms with E-state index in [1.54, 1.807) is 35.5 Å². The maximum Gasteiger partial charge on any atom is 0.393 e. The minimum Gasteiger partial charge on any atom is -0.356 e. The maximum atomic E-state index is 12.9. The summed E-state index contributed by atoms with van der Waals surface area (Å²) < 4.78 is 40.1. The number of halogens is 3. The lowest BCUT2D eigenvalue weighted by Gasteiger charge is -2.19. The van der Waals surface area contributed by atoms with Crippen molar-refractivity contribution in [1.82, 2.24) is 30.8 Å². The molecule has 0 bridgehead atoms. The van der Waals surface area contributed by atoms with Gasteiger partial charge in [-0.3, -0.25) is 10.2 Å². The van der Waals surface area contributed by atoms with Crippen LogP contribution in [0, 0.1) is 5.92 Å². The summed E-state index contributed by atoms with van der Waals surface area (Å²) in [6.45, 7) is 0.120. The van der Waals surface area contributed by atoms with Gasteiger partial charge < -0.3 is 15.6 Å². The molecule has 1 saturated heterocycles. The summed E-state index contributed by atoms with van der Waals surface area (Å²) in [5.41, 5.74) is 6.00. The number of amides is 1. The molecule has 4 heterocycles. The summed E-state index contributed by atoms with van der Waals surface area (Å²) >= 11 is 0. The van der Waals surface area contributed by atoms with Crippen molar-refractivity contribution < 1.29 is 18.0 Å². The lowest BCUT2D eigenvalue weighted by atomic mass is 10.1. The molecular weight excluding hydrogens is 363 g/mol. The van der Waals surface area contributed by atoms with Crippen LogP contribution in [0.25, 0.3) is 5.65 Å². The predicted octanol–water partition coefficient (Wildman–Crippen LogP) is 1.31. The average molecular weight is 379 g/mol. The number of anilines is 1. The first-order chi connectivity index (χ1) is 12.9. The number of hydrazine groups is 1. The highest BCUT2D eigenvalue weighted by Gasteiger charge is 2.43. The highest BCUT2D eigenvalue weighted by atomic mass is 19.4. The Morgan fingerprint density at radius 1 is 1.37 bits per heavy atom. The number of hydrogen-bond donors (Lipinski definition) is 3. The molecule has 0 aliphatic carbocycles. The van der Waals surface area contributed by atoms with Gasteiger partial charge in [0.15, 0.2) is 5.65 Å². The standard InChI is InChI=1S/C16H16F3N7O/c17-16(18,19)10-3-6-25(9-10)13-4-7-26-14(23-13)11(8-21-26)15(27)22-12-2-1-5-20-24-12/h1-2,4-5,7-8,10,20,24H,3,6,9H2,(H,22,27). The van der Waals surface area contributed by atoms with Crippen molar-refractivity contribution in [2.75, 3.05) is 18.0 Å². The number of carbonyl (C=O) groups is 1. The number of alkyl halides is 3. The third kappa shape index (κ3) is 3.39. The smallest absolute Gasteiger partial charge is 0.356 e. The highest BCUT2D eigenvalue weighted by Crippen LogP contribution is 2.35. The molecule has 2 aromatic rings. The molecule has 2 aliphatic heterocycles. The van der Waals surface area contributed by atoms with Gasteiger partial charge in [0.25, 0.3) is 5.91 Å². The van der Waals surface area contributed by atoms with Crippen molar-refractivity contribution in [3.8, 4) is 0 Å². The van der Waals surface area contributed by atoms with E-state index in [1.807, 2.05) is 0 Å². The summed E-state index contributed by atoms with van der Waals surface area (Å²) in [5, 5.41) is 6.75. The lowest BCUT2D eigenvalue weighted by molar-refractivity contribution is -0.168. The number of allylic oxidation sites excluding steroid dienone is 2. The maximum absolute atomic E-state index is 12.9. The number of nitrogens with one attached hydrogen (secondary N) is 3. The van der Waals surface area contributed by atoms with Crippen LogP contribution in [0.3, 0.4) is 0 Å². The van der Waals surface area contributed by atoms with Crippen molar-refractivity contribution >= 4 is 17.4 Å². The van der Waals surface area contributed by atoms with Crippen molar-refractivity contribution in [2.45, 2.75) is 12.6 Å². The summed E-state index contributed by atoms with van der Waals surface area (Å²) in [4.78, 5) is 18.5. The van der Waals surface area contributed by atoms with E-state index in [-0.39, 0.29) is 30.7 Å². The van der Waals surface area contributed by atoms with Crippen molar-refractivity contribution in [2.24, 2.45) is 5.92 Å². The molecule has 1 unspecified atom stereocenters. The highest BCUT2D eigenvalue weighted by molar-refractivity contribution is 6.00. The molecule has 27 heavy (non-hydrogen) atoms. The fourth-order valence-corrected chi connectivity index (χ4v) is 3.05. The fraction of sp³-hybridized carbons (Fsp3) is 0.312. The second-order valence-electron chi connectivity index (χ2n) is 6.25. The molecule has 8 nitrogen and oxygen atoms in total. The predicted molar refractivity (Wildman–Crippen MR) is 90.3 cm³/mol. The Balaban J connectivity index is 1.57. The Morgan fingerprint density at radius 3 is 2.93 bits per heavy atom. The van der Waals surface area contributed by atoms with Gasteiger partial charge in [-0.2, -0.15) is 18.3 Å². The molecule has 2 aromatic heterocycles. The quantitative estimate of drug-likeness (QED) is 0.746. The van der Waals surface area contributed by atoms with Gasteiger partial charge in [-0.25, -0.2) is 9.50 Å². The zero-order valence-electron chi connectivity index (χ0n) is 14.0. The first kappa shape index (κ1) is 17.2. The molecule has 0 aromatic carbocycles. The van der Waals surface area contributed by atoms with E-state index >= 15 is 0 Å². The summed E-state index contributed by atoms with van der Waals surface area (Å²) in [5.74, 6) is -0.956. The van der Waals surface area contributed by atoms with Gasteiger partial charge in [0.2, 0.25) is 0 Å². The van der Waals surface area contributed by atoms with Crippen LogP contribution in [0.5, 0.6) is 0 Å². The molecule has 1 fully saturated rings. The molecule has 4 rings (SSSR count). The second-order valence-corrected chi connectivity index (χ2v) is 6.25. The Kier molecular flexibility index (Phi) is 4.13. The number of hydrogen-bond acceptors (Lipinski definition) is 6. The van der Waals surface area contributed by atoms with Crippen LogP contribution < -0.4 is 21.1 Å². The van der Waals surface area contributed by atoms with Crippen LogP contribution in [0.4, 0.5) is 19.0 Å². The third-order valence-electron chi connectivity index (χ3n) is 4.47. The summed E-state index contributed by atoms with van der Waals surface area (Å²) in [6, 6.07) is 1.60. The van der Waals surface area contributed by atoms with Crippen LogP contribution in [0.2, 0.25) is 0 Å². The van der Waals surface area contributed by atoms with E-state index in [2.05, 4.69) is 26.3 Å². The van der Waals surface area contributed by atoms with Crippen molar-refractivity contribution in [3.63, 3.8) is 0 Å². The first-order valence-electron chi connectivity index (χ1n) is 8.27. The van der Waals surface area contributed by atoms with Gasteiger partial charge in [-0.05, 0) is 24.6 Å². The molecular formula is C16H16F3N7O. The SMILES string of the molecule is O=C(NC1=CC=CNN1)c1cnn2ccc(N3CCC(C(F)(F)F)C3)nc12. The average Bonchev–Trinajstić information content (AvgIpc) is 3.29. The fourth-order valence-electron chi connectivity index (χ4n) is 3.05. The number of rotatable bonds is 3. The number of fused-ring (bicyclic) bond motifs is 1. The zero-order valence-corrected chi connectivity index (χ0v) is 14.0. The van der Waals surface area contributed by atoms with Crippen LogP contribution in [0.15, 0.2) is 42.6 Å². The number of aromatic nitrogens is 3. The van der Waals surface area contributed by atoms with E-state index in [4.69, 9.17) is 0 Å². The zero-order chi connectivity index (χ0) is 19.0. The number of nitrogens with zero attached hydrogens (tertiary/aromatic N) is 4. The summed E-state index contributed by atoms with van der Waals surface area (Å²) in [6.07, 6.45) is 3.80. The second kappa shape index (κ2) is 6.49. The molecule has 142 valence electrons. The number of carbonyl (C=O) groups excluding carboxylic acids is 1. The van der Waals surface area contributed by atoms with Crippen LogP contribution >= 0.6 is 0 Å². The van der Waals surface area contributed by atoms with Crippen molar-refractivity contribution in [1.29, 1.82) is 0 Å². The molecule has 2 aliphatic rings. The van der Waals surface area contributed by atoms with Gasteiger partial charge in [0, 0.05) is 25.5 Å². The van der Waals surface area contributed by atoms with E-state index in [0.29, 0.717) is 11.6 Å². The molecule has 3 N–H and O–H groups in total. The van der Waals surface area contributed by atoms with Gasteiger partial charge in [-0.15, -0.1) is 0 Å². The van der Waals surface area contributed by atoms with E-state index in [9.17, 15) is 18.0 Å². The van der Waals surface area contributed by atoms with Crippen LogP contribution in [-0.2, 0) is 0 Å². The topological polar surface area (TPSA) is 86.6 Å². The van der Waals surface area contributed by atoms with E-state index in [0.717, 1.165) is 0 Å². The minimum atomic E-state index is -4.22. The Bertz CT molecular complexity index is 934. The monoisotopic (exact) mass is 379 g/mol. The Morgan fingerprint density at radius 2 is 2.22 bits per heavy atom. The van der Waals surface area contributed by atoms with Gasteiger partial charge in [0.1, 0.15) is 17.2 Å². The first-order valence-corrected chi connectivity index (χ1v) is 8.27. The Hall–Kier alpha value is -3.24. The van der Waals surface area contributed by atoms with Crippen LogP contribution in [0.1, 0.15) is 16.8 Å². The molecule has 1 atom stereocenters. The largest absolute Gasteiger partial charge is 0.393 e. The molecule has 11 heteroatoms. The van der Waals surface area contributed by atoms with E-state index < -0.39 is 18.0 Å². The molecule has 1 amide bonds. The minimum absolute atomic E-state index is 0.0311.